The molecule has 0 spiro atoms. The van der Waals surface area contributed by atoms with Gasteiger partial charge in [0.1, 0.15) is 5.82 Å². The number of rotatable bonds is 6. The SMILES string of the molecule is CC(C)(C)c1cc(-c2cccc(CC(C)(C)c3nc(-c4ccc5ccccc5c4)c4ccccc4n3)c2)cc(-c2ccccc2)n1. The van der Waals surface area contributed by atoms with E-state index in [2.05, 4.69) is 162 Å². The van der Waals surface area contributed by atoms with Crippen LogP contribution in [0, 0.1) is 0 Å². The number of benzene rings is 5. The topological polar surface area (TPSA) is 38.7 Å². The average Bonchev–Trinajstić information content (AvgIpc) is 3.07. The number of hydrogen-bond donors (Lipinski definition) is 0. The Morgan fingerprint density at radius 2 is 1.22 bits per heavy atom. The lowest BCUT2D eigenvalue weighted by atomic mass is 9.83. The van der Waals surface area contributed by atoms with Crippen molar-refractivity contribution >= 4 is 21.7 Å². The van der Waals surface area contributed by atoms with E-state index in [1.807, 2.05) is 6.07 Å². The largest absolute Gasteiger partial charge is 0.252 e. The van der Waals surface area contributed by atoms with Crippen molar-refractivity contribution in [3.8, 4) is 33.6 Å². The summed E-state index contributed by atoms with van der Waals surface area (Å²) in [7, 11) is 0. The average molecular weight is 598 g/mol. The molecule has 0 aliphatic carbocycles. The van der Waals surface area contributed by atoms with Crippen LogP contribution in [0.1, 0.15) is 51.7 Å². The van der Waals surface area contributed by atoms with Gasteiger partial charge < -0.3 is 0 Å². The molecule has 3 heteroatoms. The smallest absolute Gasteiger partial charge is 0.135 e. The van der Waals surface area contributed by atoms with Crippen LogP contribution in [-0.2, 0) is 17.3 Å². The molecule has 0 fully saturated rings. The summed E-state index contributed by atoms with van der Waals surface area (Å²) >= 11 is 0. The Kier molecular flexibility index (Phi) is 7.49. The zero-order valence-corrected chi connectivity index (χ0v) is 27.3. The first-order valence-corrected chi connectivity index (χ1v) is 16.1. The van der Waals surface area contributed by atoms with Gasteiger partial charge in [0.2, 0.25) is 0 Å². The molecular formula is C43H39N3. The first-order chi connectivity index (χ1) is 22.1. The third-order valence-corrected chi connectivity index (χ3v) is 8.80. The highest BCUT2D eigenvalue weighted by Crippen LogP contribution is 2.35. The van der Waals surface area contributed by atoms with Crippen LogP contribution in [-0.4, -0.2) is 15.0 Å². The monoisotopic (exact) mass is 597 g/mol. The van der Waals surface area contributed by atoms with Crippen LogP contribution in [0.3, 0.4) is 0 Å². The Morgan fingerprint density at radius 3 is 2.02 bits per heavy atom. The molecule has 0 aliphatic heterocycles. The van der Waals surface area contributed by atoms with Crippen molar-refractivity contribution in [2.75, 3.05) is 0 Å². The lowest BCUT2D eigenvalue weighted by molar-refractivity contribution is 0.489. The second-order valence-electron chi connectivity index (χ2n) is 14.0. The molecule has 0 radical (unpaired) electrons. The molecule has 0 unspecified atom stereocenters. The number of para-hydroxylation sites is 1. The van der Waals surface area contributed by atoms with Crippen molar-refractivity contribution < 1.29 is 0 Å². The Morgan fingerprint density at radius 1 is 0.500 bits per heavy atom. The van der Waals surface area contributed by atoms with Crippen molar-refractivity contribution in [1.29, 1.82) is 0 Å². The summed E-state index contributed by atoms with van der Waals surface area (Å²) < 4.78 is 0. The summed E-state index contributed by atoms with van der Waals surface area (Å²) in [5, 5.41) is 3.51. The van der Waals surface area contributed by atoms with Gasteiger partial charge in [0, 0.05) is 33.0 Å². The van der Waals surface area contributed by atoms with Gasteiger partial charge in [-0.05, 0) is 58.1 Å². The van der Waals surface area contributed by atoms with Gasteiger partial charge in [-0.3, -0.25) is 4.98 Å². The molecule has 0 bridgehead atoms. The van der Waals surface area contributed by atoms with Gasteiger partial charge in [-0.25, -0.2) is 9.97 Å². The van der Waals surface area contributed by atoms with Gasteiger partial charge in [-0.2, -0.15) is 0 Å². The zero-order valence-electron chi connectivity index (χ0n) is 27.3. The van der Waals surface area contributed by atoms with E-state index in [1.165, 1.54) is 27.5 Å². The molecule has 7 aromatic rings. The number of pyridine rings is 1. The fourth-order valence-electron chi connectivity index (χ4n) is 6.22. The number of fused-ring (bicyclic) bond motifs is 2. The second-order valence-corrected chi connectivity index (χ2v) is 14.0. The molecule has 0 saturated heterocycles. The Labute approximate surface area is 272 Å². The summed E-state index contributed by atoms with van der Waals surface area (Å²) in [5.74, 6) is 0.852. The maximum atomic E-state index is 5.29. The molecular weight excluding hydrogens is 558 g/mol. The molecule has 2 heterocycles. The van der Waals surface area contributed by atoms with Crippen LogP contribution >= 0.6 is 0 Å². The van der Waals surface area contributed by atoms with Crippen LogP contribution in [0.4, 0.5) is 0 Å². The highest BCUT2D eigenvalue weighted by Gasteiger charge is 2.27. The molecule has 0 amide bonds. The normalized spacial score (nSPS) is 12.1. The molecule has 0 saturated carbocycles. The quantitative estimate of drug-likeness (QED) is 0.191. The van der Waals surface area contributed by atoms with E-state index in [0.29, 0.717) is 0 Å². The summed E-state index contributed by atoms with van der Waals surface area (Å²) in [6.45, 7) is 11.2. The van der Waals surface area contributed by atoms with E-state index in [0.717, 1.165) is 51.4 Å². The van der Waals surface area contributed by atoms with E-state index in [-0.39, 0.29) is 10.8 Å². The van der Waals surface area contributed by atoms with Crippen molar-refractivity contribution in [3.63, 3.8) is 0 Å². The van der Waals surface area contributed by atoms with Gasteiger partial charge >= 0.3 is 0 Å². The lowest BCUT2D eigenvalue weighted by Crippen LogP contribution is -2.24. The number of aromatic nitrogens is 3. The summed E-state index contributed by atoms with van der Waals surface area (Å²) in [6, 6.07) is 47.3. The first-order valence-electron chi connectivity index (χ1n) is 16.1. The third kappa shape index (κ3) is 5.93. The van der Waals surface area contributed by atoms with Crippen LogP contribution in [0.5, 0.6) is 0 Å². The van der Waals surface area contributed by atoms with Crippen LogP contribution < -0.4 is 0 Å². The molecule has 226 valence electrons. The Balaban J connectivity index is 1.27. The molecule has 0 atom stereocenters. The number of nitrogens with zero attached hydrogens (tertiary/aromatic N) is 3. The lowest BCUT2D eigenvalue weighted by Gasteiger charge is -2.25. The van der Waals surface area contributed by atoms with Crippen molar-refractivity contribution in [2.24, 2.45) is 0 Å². The molecule has 7 rings (SSSR count). The fraction of sp³-hybridized carbons (Fsp3) is 0.186. The minimum absolute atomic E-state index is 0.0741. The summed E-state index contributed by atoms with van der Waals surface area (Å²) in [4.78, 5) is 15.5. The minimum Gasteiger partial charge on any atom is -0.252 e. The predicted octanol–water partition coefficient (Wildman–Crippen LogP) is 11.0. The Hall–Kier alpha value is -5.15. The highest BCUT2D eigenvalue weighted by atomic mass is 14.9. The molecule has 46 heavy (non-hydrogen) atoms. The van der Waals surface area contributed by atoms with Gasteiger partial charge in [0.15, 0.2) is 0 Å². The van der Waals surface area contributed by atoms with Crippen molar-refractivity contribution in [2.45, 2.75) is 51.9 Å². The standard InChI is InChI=1S/C43H39N3/c1-42(2,3)39-27-35(26-38(44-39)31-16-7-6-8-17-31)32-19-13-14-29(24-32)28-43(4,5)41-45-37-21-12-11-20-36(37)40(46-41)34-23-22-30-15-9-10-18-33(30)25-34/h6-27H,28H2,1-5H3. The predicted molar refractivity (Wildman–Crippen MR) is 193 cm³/mol. The maximum absolute atomic E-state index is 5.29. The molecule has 0 aliphatic rings. The Bertz CT molecular complexity index is 2190. The first kappa shape index (κ1) is 29.6. The van der Waals surface area contributed by atoms with E-state index < -0.39 is 0 Å². The van der Waals surface area contributed by atoms with E-state index in [4.69, 9.17) is 15.0 Å². The van der Waals surface area contributed by atoms with Crippen LogP contribution in [0.15, 0.2) is 133 Å². The zero-order chi connectivity index (χ0) is 31.9. The van der Waals surface area contributed by atoms with Crippen molar-refractivity contribution in [1.82, 2.24) is 15.0 Å². The van der Waals surface area contributed by atoms with Gasteiger partial charge in [0.25, 0.3) is 0 Å². The highest BCUT2D eigenvalue weighted by molar-refractivity contribution is 5.95. The molecule has 2 aromatic heterocycles. The summed E-state index contributed by atoms with van der Waals surface area (Å²) in [6.07, 6.45) is 0.805. The van der Waals surface area contributed by atoms with E-state index in [9.17, 15) is 0 Å². The third-order valence-electron chi connectivity index (χ3n) is 8.80. The molecule has 3 nitrogen and oxygen atoms in total. The van der Waals surface area contributed by atoms with Gasteiger partial charge in [-0.1, -0.05) is 144 Å². The fourth-order valence-corrected chi connectivity index (χ4v) is 6.22. The van der Waals surface area contributed by atoms with Crippen molar-refractivity contribution in [3.05, 3.63) is 151 Å². The van der Waals surface area contributed by atoms with Gasteiger partial charge in [0.05, 0.1) is 16.9 Å². The van der Waals surface area contributed by atoms with Crippen LogP contribution in [0.2, 0.25) is 0 Å². The van der Waals surface area contributed by atoms with Gasteiger partial charge in [-0.15, -0.1) is 0 Å². The van der Waals surface area contributed by atoms with E-state index in [1.54, 1.807) is 0 Å². The molecule has 5 aromatic carbocycles. The second kappa shape index (κ2) is 11.7. The minimum atomic E-state index is -0.307. The van der Waals surface area contributed by atoms with Crippen LogP contribution in [0.25, 0.3) is 55.3 Å². The van der Waals surface area contributed by atoms with E-state index >= 15 is 0 Å². The number of hydrogen-bond acceptors (Lipinski definition) is 3. The molecule has 0 N–H and O–H groups in total. The maximum Gasteiger partial charge on any atom is 0.135 e. The summed E-state index contributed by atoms with van der Waals surface area (Å²) in [5.41, 5.74) is 9.51.